The number of hydrogen-bond donors (Lipinski definition) is 0. The van der Waals surface area contributed by atoms with Crippen molar-refractivity contribution >= 4 is 17.9 Å². The van der Waals surface area contributed by atoms with E-state index < -0.39 is 0 Å². The van der Waals surface area contributed by atoms with Gasteiger partial charge in [0.1, 0.15) is 5.69 Å². The number of alkyl halides is 1. The molecule has 0 fully saturated rings. The fraction of sp³-hybridized carbons (Fsp3) is 0.333. The van der Waals surface area contributed by atoms with Crippen molar-refractivity contribution in [3.63, 3.8) is 0 Å². The molecule has 0 saturated carbocycles. The molecule has 1 heterocycles. The molecule has 0 amide bonds. The first-order chi connectivity index (χ1) is 6.27. The molecule has 1 aromatic rings. The van der Waals surface area contributed by atoms with Crippen molar-refractivity contribution in [2.75, 3.05) is 5.88 Å². The van der Waals surface area contributed by atoms with Gasteiger partial charge in [0.25, 0.3) is 0 Å². The number of rotatable bonds is 4. The van der Waals surface area contributed by atoms with Crippen LogP contribution in [-0.2, 0) is 6.54 Å². The van der Waals surface area contributed by atoms with E-state index in [1.807, 2.05) is 19.1 Å². The largest absolute Gasteiger partial charge is 0.296 e. The quantitative estimate of drug-likeness (QED) is 0.420. The van der Waals surface area contributed by atoms with Crippen LogP contribution < -0.4 is 0 Å². The lowest BCUT2D eigenvalue weighted by atomic mass is 10.4. The third-order valence-electron chi connectivity index (χ3n) is 1.65. The van der Waals surface area contributed by atoms with Crippen LogP contribution in [0.15, 0.2) is 18.2 Å². The Kier molecular flexibility index (Phi) is 3.71. The van der Waals surface area contributed by atoms with Gasteiger partial charge in [0.05, 0.1) is 6.54 Å². The number of aryl methyl sites for hydroxylation is 1. The number of allylic oxidation sites excluding steroid dienone is 2. The summed E-state index contributed by atoms with van der Waals surface area (Å²) in [7, 11) is 0. The number of halogens is 1. The molecule has 1 rings (SSSR count). The lowest BCUT2D eigenvalue weighted by molar-refractivity contribution is 0.111. The van der Waals surface area contributed by atoms with Crippen LogP contribution in [0.5, 0.6) is 0 Å². The zero-order valence-corrected chi connectivity index (χ0v) is 8.16. The molecular formula is C9H11ClN2O. The van der Waals surface area contributed by atoms with Crippen LogP contribution in [0.3, 0.4) is 0 Å². The highest BCUT2D eigenvalue weighted by molar-refractivity contribution is 6.18. The van der Waals surface area contributed by atoms with Gasteiger partial charge in [0.2, 0.25) is 0 Å². The first-order valence-electron chi connectivity index (χ1n) is 3.98. The predicted molar refractivity (Wildman–Crippen MR) is 52.2 cm³/mol. The molecular weight excluding hydrogens is 188 g/mol. The van der Waals surface area contributed by atoms with Crippen LogP contribution in [0.2, 0.25) is 0 Å². The molecule has 0 aromatic carbocycles. The minimum atomic E-state index is 0.469. The molecule has 3 nitrogen and oxygen atoms in total. The Morgan fingerprint density at radius 1 is 1.62 bits per heavy atom. The fourth-order valence-corrected chi connectivity index (χ4v) is 1.14. The van der Waals surface area contributed by atoms with Crippen molar-refractivity contribution in [3.8, 4) is 0 Å². The Morgan fingerprint density at radius 3 is 2.92 bits per heavy atom. The van der Waals surface area contributed by atoms with E-state index in [9.17, 15) is 4.79 Å². The second kappa shape index (κ2) is 4.82. The maximum atomic E-state index is 10.4. The average Bonchev–Trinajstić information content (AvgIpc) is 2.48. The van der Waals surface area contributed by atoms with Gasteiger partial charge in [0.15, 0.2) is 6.29 Å². The minimum Gasteiger partial charge on any atom is -0.296 e. The smallest absolute Gasteiger partial charge is 0.170 e. The number of carbonyl (C=O) groups is 1. The molecule has 0 N–H and O–H groups in total. The van der Waals surface area contributed by atoms with Gasteiger partial charge in [-0.05, 0) is 13.0 Å². The fourth-order valence-electron chi connectivity index (χ4n) is 1.02. The molecule has 1 aromatic heterocycles. The molecule has 0 unspecified atom stereocenters. The van der Waals surface area contributed by atoms with Gasteiger partial charge in [-0.15, -0.1) is 11.6 Å². The van der Waals surface area contributed by atoms with Crippen LogP contribution in [0.4, 0.5) is 0 Å². The Bertz CT molecular complexity index is 317. The standard InChI is InChI=1S/C9H11ClN2O/c1-8-6-9(7-13)11-12(8)5-3-2-4-10/h2-3,6-7H,4-5H2,1H3. The van der Waals surface area contributed by atoms with E-state index in [0.29, 0.717) is 18.1 Å². The topological polar surface area (TPSA) is 34.9 Å². The Labute approximate surface area is 82.0 Å². The molecule has 4 heteroatoms. The predicted octanol–water partition coefficient (Wildman–Crippen LogP) is 1.80. The zero-order valence-electron chi connectivity index (χ0n) is 7.40. The molecule has 0 aliphatic heterocycles. The molecule has 70 valence electrons. The number of aromatic nitrogens is 2. The van der Waals surface area contributed by atoms with Crippen molar-refractivity contribution in [1.29, 1.82) is 0 Å². The van der Waals surface area contributed by atoms with E-state index in [0.717, 1.165) is 12.0 Å². The van der Waals surface area contributed by atoms with Crippen molar-refractivity contribution in [2.24, 2.45) is 0 Å². The third kappa shape index (κ3) is 2.70. The highest BCUT2D eigenvalue weighted by Gasteiger charge is 2.00. The van der Waals surface area contributed by atoms with Crippen LogP contribution >= 0.6 is 11.6 Å². The van der Waals surface area contributed by atoms with Crippen LogP contribution in [0.1, 0.15) is 16.2 Å². The number of carbonyl (C=O) groups excluding carboxylic acids is 1. The Balaban J connectivity index is 2.70. The molecule has 0 radical (unpaired) electrons. The van der Waals surface area contributed by atoms with E-state index in [1.165, 1.54) is 0 Å². The highest BCUT2D eigenvalue weighted by Crippen LogP contribution is 2.00. The number of nitrogens with zero attached hydrogens (tertiary/aromatic N) is 2. The summed E-state index contributed by atoms with van der Waals surface area (Å²) in [6.45, 7) is 2.57. The molecule has 0 aliphatic rings. The lowest BCUT2D eigenvalue weighted by Gasteiger charge is -1.97. The summed E-state index contributed by atoms with van der Waals surface area (Å²) in [6.07, 6.45) is 4.51. The second-order valence-corrected chi connectivity index (χ2v) is 2.94. The molecule has 0 saturated heterocycles. The summed E-state index contributed by atoms with van der Waals surface area (Å²) in [4.78, 5) is 10.4. The molecule has 0 spiro atoms. The van der Waals surface area contributed by atoms with Crippen LogP contribution in [0, 0.1) is 6.92 Å². The van der Waals surface area contributed by atoms with Crippen molar-refractivity contribution < 1.29 is 4.79 Å². The minimum absolute atomic E-state index is 0.469. The normalized spacial score (nSPS) is 10.9. The first kappa shape index (κ1) is 9.99. The molecule has 0 bridgehead atoms. The summed E-state index contributed by atoms with van der Waals surface area (Å²) in [5, 5.41) is 4.05. The van der Waals surface area contributed by atoms with Crippen molar-refractivity contribution in [1.82, 2.24) is 9.78 Å². The van der Waals surface area contributed by atoms with E-state index in [1.54, 1.807) is 10.7 Å². The maximum Gasteiger partial charge on any atom is 0.170 e. The SMILES string of the molecule is Cc1cc(C=O)nn1CC=CCCl. The monoisotopic (exact) mass is 198 g/mol. The van der Waals surface area contributed by atoms with Gasteiger partial charge in [0, 0.05) is 11.6 Å². The van der Waals surface area contributed by atoms with Gasteiger partial charge >= 0.3 is 0 Å². The van der Waals surface area contributed by atoms with E-state index in [-0.39, 0.29) is 0 Å². The van der Waals surface area contributed by atoms with Gasteiger partial charge in [-0.25, -0.2) is 0 Å². The van der Waals surface area contributed by atoms with E-state index >= 15 is 0 Å². The lowest BCUT2D eigenvalue weighted by Crippen LogP contribution is -2.00. The number of aldehydes is 1. The third-order valence-corrected chi connectivity index (χ3v) is 1.83. The highest BCUT2D eigenvalue weighted by atomic mass is 35.5. The number of hydrogen-bond acceptors (Lipinski definition) is 2. The molecule has 0 aliphatic carbocycles. The van der Waals surface area contributed by atoms with Crippen LogP contribution in [-0.4, -0.2) is 21.9 Å². The average molecular weight is 199 g/mol. The Hall–Kier alpha value is -1.09. The maximum absolute atomic E-state index is 10.4. The summed E-state index contributed by atoms with van der Waals surface area (Å²) in [5.41, 5.74) is 1.44. The van der Waals surface area contributed by atoms with Gasteiger partial charge in [-0.3, -0.25) is 9.48 Å². The zero-order chi connectivity index (χ0) is 9.68. The summed E-state index contributed by atoms with van der Waals surface area (Å²) < 4.78 is 1.76. The van der Waals surface area contributed by atoms with Gasteiger partial charge < -0.3 is 0 Å². The molecule has 13 heavy (non-hydrogen) atoms. The van der Waals surface area contributed by atoms with Crippen molar-refractivity contribution in [3.05, 3.63) is 29.6 Å². The summed E-state index contributed by atoms with van der Waals surface area (Å²) in [6, 6.07) is 1.75. The van der Waals surface area contributed by atoms with Crippen molar-refractivity contribution in [2.45, 2.75) is 13.5 Å². The first-order valence-corrected chi connectivity index (χ1v) is 4.52. The summed E-state index contributed by atoms with van der Waals surface area (Å²) in [5.74, 6) is 0.501. The van der Waals surface area contributed by atoms with Gasteiger partial charge in [-0.1, -0.05) is 12.2 Å². The van der Waals surface area contributed by atoms with E-state index in [2.05, 4.69) is 5.10 Å². The van der Waals surface area contributed by atoms with Crippen LogP contribution in [0.25, 0.3) is 0 Å². The van der Waals surface area contributed by atoms with Gasteiger partial charge in [-0.2, -0.15) is 5.10 Å². The van der Waals surface area contributed by atoms with E-state index in [4.69, 9.17) is 11.6 Å². The Morgan fingerprint density at radius 2 is 2.38 bits per heavy atom. The summed E-state index contributed by atoms with van der Waals surface area (Å²) >= 11 is 5.47. The second-order valence-electron chi connectivity index (χ2n) is 2.64. The molecule has 0 atom stereocenters.